The first kappa shape index (κ1) is 14.4. The van der Waals surface area contributed by atoms with Crippen molar-refractivity contribution in [2.24, 2.45) is 5.73 Å². The highest BCUT2D eigenvalue weighted by atomic mass is 19.4. The molecule has 0 saturated heterocycles. The van der Waals surface area contributed by atoms with Crippen LogP contribution in [0.1, 0.15) is 19.5 Å². The zero-order valence-electron chi connectivity index (χ0n) is 9.95. The van der Waals surface area contributed by atoms with Gasteiger partial charge in [-0.1, -0.05) is 5.21 Å². The van der Waals surface area contributed by atoms with Crippen molar-refractivity contribution in [1.82, 2.24) is 20.3 Å². The van der Waals surface area contributed by atoms with E-state index in [0.29, 0.717) is 5.69 Å². The minimum atomic E-state index is -4.43. The molecule has 1 aromatic rings. The number of hydrogen-bond donors (Lipinski definition) is 2. The average molecular weight is 265 g/mol. The van der Waals surface area contributed by atoms with Crippen molar-refractivity contribution in [3.8, 4) is 0 Å². The third-order valence-corrected chi connectivity index (χ3v) is 1.99. The zero-order chi connectivity index (χ0) is 14.0. The molecule has 0 aliphatic rings. The molecule has 0 spiro atoms. The normalized spacial score (nSPS) is 12.6. The van der Waals surface area contributed by atoms with E-state index in [0.717, 1.165) is 4.68 Å². The topological polar surface area (TPSA) is 85.8 Å². The van der Waals surface area contributed by atoms with E-state index in [-0.39, 0.29) is 6.54 Å². The number of halogens is 3. The molecule has 0 aliphatic heterocycles. The van der Waals surface area contributed by atoms with Gasteiger partial charge in [-0.2, -0.15) is 13.2 Å². The van der Waals surface area contributed by atoms with Crippen LogP contribution in [0.15, 0.2) is 6.20 Å². The van der Waals surface area contributed by atoms with Gasteiger partial charge in [-0.3, -0.25) is 4.79 Å². The molecule has 0 unspecified atom stereocenters. The molecular weight excluding hydrogens is 251 g/mol. The van der Waals surface area contributed by atoms with E-state index in [1.54, 1.807) is 19.2 Å². The molecule has 0 aromatic carbocycles. The van der Waals surface area contributed by atoms with Gasteiger partial charge in [0.1, 0.15) is 18.8 Å². The molecule has 0 saturated carbocycles. The molecular formula is C9H14F3N5O. The fourth-order valence-electron chi connectivity index (χ4n) is 1.07. The van der Waals surface area contributed by atoms with Crippen LogP contribution < -0.4 is 11.1 Å². The molecule has 0 radical (unpaired) electrons. The number of amides is 1. The molecule has 1 heterocycles. The Hall–Kier alpha value is -1.64. The van der Waals surface area contributed by atoms with Crippen LogP contribution in [0, 0.1) is 0 Å². The molecule has 1 amide bonds. The third-order valence-electron chi connectivity index (χ3n) is 1.99. The van der Waals surface area contributed by atoms with Gasteiger partial charge >= 0.3 is 6.18 Å². The number of nitrogens with two attached hydrogens (primary N) is 1. The number of nitrogens with zero attached hydrogens (tertiary/aromatic N) is 3. The Morgan fingerprint density at radius 2 is 2.11 bits per heavy atom. The second-order valence-corrected chi connectivity index (χ2v) is 4.41. The Labute approximate surface area is 101 Å². The maximum absolute atomic E-state index is 11.8. The second-order valence-electron chi connectivity index (χ2n) is 4.41. The van der Waals surface area contributed by atoms with Crippen molar-refractivity contribution < 1.29 is 18.0 Å². The van der Waals surface area contributed by atoms with E-state index >= 15 is 0 Å². The molecule has 0 atom stereocenters. The zero-order valence-corrected chi connectivity index (χ0v) is 9.95. The minimum Gasteiger partial charge on any atom is -0.345 e. The van der Waals surface area contributed by atoms with E-state index < -0.39 is 24.2 Å². The molecule has 0 bridgehead atoms. The van der Waals surface area contributed by atoms with Crippen molar-refractivity contribution in [2.45, 2.75) is 32.1 Å². The predicted molar refractivity (Wildman–Crippen MR) is 56.3 cm³/mol. The molecule has 0 fully saturated rings. The van der Waals surface area contributed by atoms with Gasteiger partial charge in [-0.25, -0.2) is 4.68 Å². The summed E-state index contributed by atoms with van der Waals surface area (Å²) in [5.41, 5.74) is 5.48. The fraction of sp³-hybridized carbons (Fsp3) is 0.667. The van der Waals surface area contributed by atoms with Crippen LogP contribution in [-0.4, -0.2) is 33.6 Å². The van der Waals surface area contributed by atoms with Crippen molar-refractivity contribution in [3.63, 3.8) is 0 Å². The van der Waals surface area contributed by atoms with Gasteiger partial charge in [0, 0.05) is 0 Å². The Morgan fingerprint density at radius 3 is 2.56 bits per heavy atom. The summed E-state index contributed by atoms with van der Waals surface area (Å²) in [5.74, 6) is -0.793. The monoisotopic (exact) mass is 265 g/mol. The van der Waals surface area contributed by atoms with Crippen LogP contribution in [-0.2, 0) is 16.9 Å². The lowest BCUT2D eigenvalue weighted by atomic mass is 10.0. The van der Waals surface area contributed by atoms with Crippen molar-refractivity contribution in [3.05, 3.63) is 11.9 Å². The summed E-state index contributed by atoms with van der Waals surface area (Å²) in [6.45, 7) is 1.70. The highest BCUT2D eigenvalue weighted by Crippen LogP contribution is 2.13. The number of hydrogen-bond acceptors (Lipinski definition) is 4. The Kier molecular flexibility index (Phi) is 3.95. The SMILES string of the molecule is CC(C)(N)c1cn(CC(=O)NCC(F)(F)F)nn1. The van der Waals surface area contributed by atoms with Gasteiger partial charge in [0.05, 0.1) is 11.7 Å². The van der Waals surface area contributed by atoms with Crippen LogP contribution in [0.2, 0.25) is 0 Å². The van der Waals surface area contributed by atoms with Crippen LogP contribution in [0.25, 0.3) is 0 Å². The largest absolute Gasteiger partial charge is 0.405 e. The highest BCUT2D eigenvalue weighted by Gasteiger charge is 2.27. The summed E-state index contributed by atoms with van der Waals surface area (Å²) < 4.78 is 36.7. The molecule has 1 rings (SSSR count). The van der Waals surface area contributed by atoms with Crippen LogP contribution in [0.4, 0.5) is 13.2 Å². The standard InChI is InChI=1S/C9H14F3N5O/c1-8(2,13)6-3-17(16-15-6)4-7(18)14-5-9(10,11)12/h3H,4-5,13H2,1-2H3,(H,14,18). The number of alkyl halides is 3. The van der Waals surface area contributed by atoms with Crippen LogP contribution in [0.3, 0.4) is 0 Å². The molecule has 0 aliphatic carbocycles. The van der Waals surface area contributed by atoms with Crippen LogP contribution >= 0.6 is 0 Å². The molecule has 9 heteroatoms. The lowest BCUT2D eigenvalue weighted by molar-refractivity contribution is -0.138. The maximum Gasteiger partial charge on any atom is 0.405 e. The van der Waals surface area contributed by atoms with Crippen LogP contribution in [0.5, 0.6) is 0 Å². The lowest BCUT2D eigenvalue weighted by Crippen LogP contribution is -2.35. The second kappa shape index (κ2) is 4.92. The van der Waals surface area contributed by atoms with E-state index in [1.807, 2.05) is 0 Å². The summed E-state index contributed by atoms with van der Waals surface area (Å²) in [6.07, 6.45) is -3.00. The Bertz CT molecular complexity index is 421. The summed E-state index contributed by atoms with van der Waals surface area (Å²) in [6, 6.07) is 0. The van der Waals surface area contributed by atoms with E-state index in [9.17, 15) is 18.0 Å². The summed E-state index contributed by atoms with van der Waals surface area (Å²) >= 11 is 0. The minimum absolute atomic E-state index is 0.334. The summed E-state index contributed by atoms with van der Waals surface area (Å²) in [7, 11) is 0. The number of carbonyl (C=O) groups is 1. The molecule has 18 heavy (non-hydrogen) atoms. The molecule has 1 aromatic heterocycles. The molecule has 3 N–H and O–H groups in total. The summed E-state index contributed by atoms with van der Waals surface area (Å²) in [4.78, 5) is 11.2. The van der Waals surface area contributed by atoms with Gasteiger partial charge in [0.15, 0.2) is 0 Å². The third kappa shape index (κ3) is 4.70. The smallest absolute Gasteiger partial charge is 0.345 e. The van der Waals surface area contributed by atoms with Crippen molar-refractivity contribution in [2.75, 3.05) is 6.54 Å². The van der Waals surface area contributed by atoms with Gasteiger partial charge in [0.25, 0.3) is 0 Å². The number of rotatable bonds is 4. The van der Waals surface area contributed by atoms with Gasteiger partial charge in [-0.05, 0) is 13.8 Å². The van der Waals surface area contributed by atoms with Crippen molar-refractivity contribution >= 4 is 5.91 Å². The first-order chi connectivity index (χ1) is 8.08. The average Bonchev–Trinajstić information content (AvgIpc) is 2.61. The van der Waals surface area contributed by atoms with E-state index in [1.165, 1.54) is 6.20 Å². The Balaban J connectivity index is 2.53. The maximum atomic E-state index is 11.8. The fourth-order valence-corrected chi connectivity index (χ4v) is 1.07. The van der Waals surface area contributed by atoms with Crippen molar-refractivity contribution in [1.29, 1.82) is 0 Å². The first-order valence-electron chi connectivity index (χ1n) is 5.11. The number of aromatic nitrogens is 3. The number of carbonyl (C=O) groups excluding carboxylic acids is 1. The lowest BCUT2D eigenvalue weighted by Gasteiger charge is -2.13. The van der Waals surface area contributed by atoms with Gasteiger partial charge < -0.3 is 11.1 Å². The summed E-state index contributed by atoms with van der Waals surface area (Å²) in [5, 5.41) is 9.08. The van der Waals surface area contributed by atoms with E-state index in [2.05, 4.69) is 10.3 Å². The first-order valence-corrected chi connectivity index (χ1v) is 5.11. The van der Waals surface area contributed by atoms with E-state index in [4.69, 9.17) is 5.73 Å². The van der Waals surface area contributed by atoms with Gasteiger partial charge in [0.2, 0.25) is 5.91 Å². The molecule has 6 nitrogen and oxygen atoms in total. The molecule has 102 valence electrons. The van der Waals surface area contributed by atoms with Gasteiger partial charge in [-0.15, -0.1) is 5.10 Å². The number of nitrogens with one attached hydrogen (secondary N) is 1. The quantitative estimate of drug-likeness (QED) is 0.811. The highest BCUT2D eigenvalue weighted by molar-refractivity contribution is 5.75. The predicted octanol–water partition coefficient (Wildman–Crippen LogP) is 0.150. The Morgan fingerprint density at radius 1 is 1.50 bits per heavy atom.